The zero-order valence-corrected chi connectivity index (χ0v) is 12.9. The molecular weight excluding hydrogens is 254 g/mol. The molecule has 0 aromatic carbocycles. The van der Waals surface area contributed by atoms with E-state index in [9.17, 15) is 9.59 Å². The number of carbonyl (C=O) groups excluding carboxylic acids is 2. The Morgan fingerprint density at radius 2 is 2.15 bits per heavy atom. The van der Waals surface area contributed by atoms with Gasteiger partial charge in [-0.1, -0.05) is 26.7 Å². The van der Waals surface area contributed by atoms with Gasteiger partial charge < -0.3 is 16.0 Å². The van der Waals surface area contributed by atoms with Gasteiger partial charge in [0.05, 0.1) is 0 Å². The summed E-state index contributed by atoms with van der Waals surface area (Å²) in [5, 5.41) is 2.82. The quantitative estimate of drug-likeness (QED) is 0.704. The van der Waals surface area contributed by atoms with Crippen LogP contribution in [0.4, 0.5) is 0 Å². The maximum atomic E-state index is 12.3. The lowest BCUT2D eigenvalue weighted by Crippen LogP contribution is -2.56. The molecule has 116 valence electrons. The standard InChI is InChI=1S/C15H29N3O2/c1-3-5-12(8-9-16)6-7-14(19)18-11-10-17-15(20)13(18)4-2/h12-13H,3-11,16H2,1-2H3,(H,17,20). The zero-order chi connectivity index (χ0) is 15.0. The highest BCUT2D eigenvalue weighted by atomic mass is 16.2. The summed E-state index contributed by atoms with van der Waals surface area (Å²) in [5.74, 6) is 0.636. The molecule has 2 unspecified atom stereocenters. The first-order chi connectivity index (χ1) is 9.63. The smallest absolute Gasteiger partial charge is 0.242 e. The summed E-state index contributed by atoms with van der Waals surface area (Å²) in [6, 6.07) is -0.282. The molecule has 1 fully saturated rings. The van der Waals surface area contributed by atoms with Crippen LogP contribution in [0.2, 0.25) is 0 Å². The van der Waals surface area contributed by atoms with E-state index in [0.717, 1.165) is 25.7 Å². The summed E-state index contributed by atoms with van der Waals surface area (Å²) >= 11 is 0. The predicted octanol–water partition coefficient (Wildman–Crippen LogP) is 1.27. The first-order valence-electron chi connectivity index (χ1n) is 7.91. The SMILES string of the molecule is CCCC(CCN)CCC(=O)N1CCNC(=O)C1CC. The molecule has 0 aliphatic carbocycles. The van der Waals surface area contributed by atoms with Crippen molar-refractivity contribution in [2.45, 2.75) is 58.4 Å². The van der Waals surface area contributed by atoms with Gasteiger partial charge in [-0.25, -0.2) is 0 Å². The van der Waals surface area contributed by atoms with Crippen molar-refractivity contribution in [2.75, 3.05) is 19.6 Å². The number of nitrogens with zero attached hydrogens (tertiary/aromatic N) is 1. The third kappa shape index (κ3) is 4.78. The lowest BCUT2D eigenvalue weighted by Gasteiger charge is -2.34. The molecule has 20 heavy (non-hydrogen) atoms. The molecule has 2 amide bonds. The van der Waals surface area contributed by atoms with Crippen LogP contribution in [0.3, 0.4) is 0 Å². The maximum absolute atomic E-state index is 12.3. The average Bonchev–Trinajstić information content (AvgIpc) is 2.44. The van der Waals surface area contributed by atoms with Crippen LogP contribution in [0.5, 0.6) is 0 Å². The van der Waals surface area contributed by atoms with E-state index in [1.807, 2.05) is 6.92 Å². The van der Waals surface area contributed by atoms with Crippen LogP contribution < -0.4 is 11.1 Å². The molecule has 3 N–H and O–H groups in total. The molecule has 0 spiro atoms. The van der Waals surface area contributed by atoms with Crippen molar-refractivity contribution >= 4 is 11.8 Å². The van der Waals surface area contributed by atoms with Gasteiger partial charge in [-0.2, -0.15) is 0 Å². The van der Waals surface area contributed by atoms with Crippen LogP contribution in [0.25, 0.3) is 0 Å². The highest BCUT2D eigenvalue weighted by molar-refractivity contribution is 5.88. The molecule has 0 saturated carbocycles. The third-order valence-corrected chi connectivity index (χ3v) is 4.08. The van der Waals surface area contributed by atoms with Crippen molar-refractivity contribution in [1.82, 2.24) is 10.2 Å². The number of nitrogens with one attached hydrogen (secondary N) is 1. The van der Waals surface area contributed by atoms with Crippen LogP contribution in [0.15, 0.2) is 0 Å². The Kier molecular flexibility index (Phi) is 7.59. The van der Waals surface area contributed by atoms with Crippen molar-refractivity contribution in [3.8, 4) is 0 Å². The minimum Gasteiger partial charge on any atom is -0.353 e. The van der Waals surface area contributed by atoms with E-state index in [4.69, 9.17) is 5.73 Å². The topological polar surface area (TPSA) is 75.4 Å². The number of carbonyl (C=O) groups is 2. The Bertz CT molecular complexity index is 314. The number of amides is 2. The summed E-state index contributed by atoms with van der Waals surface area (Å²) in [7, 11) is 0. The molecule has 5 heteroatoms. The first kappa shape index (κ1) is 17.0. The molecule has 0 aromatic heterocycles. The van der Waals surface area contributed by atoms with E-state index >= 15 is 0 Å². The fourth-order valence-electron chi connectivity index (χ4n) is 2.97. The number of rotatable bonds is 8. The summed E-state index contributed by atoms with van der Waals surface area (Å²) in [6.07, 6.45) is 5.34. The lowest BCUT2D eigenvalue weighted by atomic mass is 9.94. The predicted molar refractivity (Wildman–Crippen MR) is 80.1 cm³/mol. The van der Waals surface area contributed by atoms with Gasteiger partial charge in [-0.15, -0.1) is 0 Å². The Morgan fingerprint density at radius 3 is 2.75 bits per heavy atom. The number of hydrogen-bond donors (Lipinski definition) is 2. The normalized spacial score (nSPS) is 20.6. The average molecular weight is 283 g/mol. The van der Waals surface area contributed by atoms with Gasteiger partial charge in [-0.05, 0) is 31.7 Å². The number of hydrogen-bond acceptors (Lipinski definition) is 3. The molecule has 1 heterocycles. The van der Waals surface area contributed by atoms with E-state index in [2.05, 4.69) is 12.2 Å². The Labute approximate surface area is 122 Å². The van der Waals surface area contributed by atoms with Crippen LogP contribution in [-0.4, -0.2) is 42.4 Å². The van der Waals surface area contributed by atoms with Crippen molar-refractivity contribution < 1.29 is 9.59 Å². The van der Waals surface area contributed by atoms with Crippen LogP contribution in [-0.2, 0) is 9.59 Å². The van der Waals surface area contributed by atoms with Gasteiger partial charge in [0, 0.05) is 19.5 Å². The van der Waals surface area contributed by atoms with Crippen LogP contribution in [0, 0.1) is 5.92 Å². The Morgan fingerprint density at radius 1 is 1.40 bits per heavy atom. The Hall–Kier alpha value is -1.10. The molecule has 1 aliphatic rings. The lowest BCUT2D eigenvalue weighted by molar-refractivity contribution is -0.143. The van der Waals surface area contributed by atoms with E-state index in [1.165, 1.54) is 0 Å². The molecule has 0 bridgehead atoms. The highest BCUT2D eigenvalue weighted by Gasteiger charge is 2.31. The van der Waals surface area contributed by atoms with E-state index in [-0.39, 0.29) is 17.9 Å². The van der Waals surface area contributed by atoms with Gasteiger partial charge in [0.25, 0.3) is 0 Å². The molecule has 5 nitrogen and oxygen atoms in total. The molecular formula is C15H29N3O2. The molecule has 1 aliphatic heterocycles. The van der Waals surface area contributed by atoms with E-state index in [1.54, 1.807) is 4.90 Å². The van der Waals surface area contributed by atoms with Gasteiger partial charge in [0.1, 0.15) is 6.04 Å². The summed E-state index contributed by atoms with van der Waals surface area (Å²) in [4.78, 5) is 25.9. The molecule has 1 saturated heterocycles. The monoisotopic (exact) mass is 283 g/mol. The second-order valence-corrected chi connectivity index (χ2v) is 5.57. The maximum Gasteiger partial charge on any atom is 0.242 e. The Balaban J connectivity index is 2.49. The molecule has 0 radical (unpaired) electrons. The minimum atomic E-state index is -0.282. The highest BCUT2D eigenvalue weighted by Crippen LogP contribution is 2.19. The molecule has 1 rings (SSSR count). The largest absolute Gasteiger partial charge is 0.353 e. The van der Waals surface area contributed by atoms with Gasteiger partial charge in [-0.3, -0.25) is 9.59 Å². The van der Waals surface area contributed by atoms with Gasteiger partial charge in [0.2, 0.25) is 11.8 Å². The molecule has 0 aromatic rings. The van der Waals surface area contributed by atoms with Crippen LogP contribution >= 0.6 is 0 Å². The second-order valence-electron chi connectivity index (χ2n) is 5.57. The number of nitrogens with two attached hydrogens (primary N) is 1. The summed E-state index contributed by atoms with van der Waals surface area (Å²) in [6.45, 7) is 6.00. The van der Waals surface area contributed by atoms with Crippen molar-refractivity contribution in [3.05, 3.63) is 0 Å². The van der Waals surface area contributed by atoms with Gasteiger partial charge in [0.15, 0.2) is 0 Å². The van der Waals surface area contributed by atoms with Crippen LogP contribution in [0.1, 0.15) is 52.4 Å². The van der Waals surface area contributed by atoms with E-state index in [0.29, 0.717) is 38.4 Å². The summed E-state index contributed by atoms with van der Waals surface area (Å²) < 4.78 is 0. The third-order valence-electron chi connectivity index (χ3n) is 4.08. The fourth-order valence-corrected chi connectivity index (χ4v) is 2.97. The fraction of sp³-hybridized carbons (Fsp3) is 0.867. The van der Waals surface area contributed by atoms with E-state index < -0.39 is 0 Å². The number of piperazine rings is 1. The van der Waals surface area contributed by atoms with Crippen molar-refractivity contribution in [1.29, 1.82) is 0 Å². The molecule has 2 atom stereocenters. The van der Waals surface area contributed by atoms with Crippen molar-refractivity contribution in [2.24, 2.45) is 11.7 Å². The first-order valence-corrected chi connectivity index (χ1v) is 7.91. The minimum absolute atomic E-state index is 0.0147. The zero-order valence-electron chi connectivity index (χ0n) is 12.9. The summed E-state index contributed by atoms with van der Waals surface area (Å²) in [5.41, 5.74) is 5.62. The van der Waals surface area contributed by atoms with Crippen molar-refractivity contribution in [3.63, 3.8) is 0 Å². The van der Waals surface area contributed by atoms with Gasteiger partial charge >= 0.3 is 0 Å². The second kappa shape index (κ2) is 8.95.